The number of amides is 1. The van der Waals surface area contributed by atoms with Gasteiger partial charge in [-0.3, -0.25) is 9.69 Å². The van der Waals surface area contributed by atoms with Crippen molar-refractivity contribution in [1.82, 2.24) is 15.1 Å². The van der Waals surface area contributed by atoms with Gasteiger partial charge in [-0.05, 0) is 36.3 Å². The van der Waals surface area contributed by atoms with Crippen LogP contribution in [0.1, 0.15) is 24.0 Å². The van der Waals surface area contributed by atoms with E-state index in [2.05, 4.69) is 39.4 Å². The minimum absolute atomic E-state index is 0.0371. The first-order chi connectivity index (χ1) is 10.8. The Morgan fingerprint density at radius 3 is 2.55 bits per heavy atom. The summed E-state index contributed by atoms with van der Waals surface area (Å²) in [5.41, 5.74) is 2.66. The Bertz CT molecular complexity index is 547. The lowest BCUT2D eigenvalue weighted by molar-refractivity contribution is -0.135. The molecular formula is C18H25N3O. The summed E-state index contributed by atoms with van der Waals surface area (Å²) < 4.78 is 0. The normalized spacial score (nSPS) is 25.8. The Kier molecular flexibility index (Phi) is 3.89. The first kappa shape index (κ1) is 14.2. The number of carbonyl (C=O) groups excluding carboxylic acids is 1. The van der Waals surface area contributed by atoms with Crippen molar-refractivity contribution < 1.29 is 4.79 Å². The van der Waals surface area contributed by atoms with Crippen LogP contribution in [0.25, 0.3) is 0 Å². The first-order valence-electron chi connectivity index (χ1n) is 8.61. The maximum atomic E-state index is 12.7. The van der Waals surface area contributed by atoms with E-state index in [0.717, 1.165) is 45.1 Å². The molecule has 0 bridgehead atoms. The zero-order valence-corrected chi connectivity index (χ0v) is 13.1. The number of nitrogens with zero attached hydrogens (tertiary/aromatic N) is 2. The molecule has 1 saturated heterocycles. The maximum absolute atomic E-state index is 12.7. The SMILES string of the molecule is O=C(C1Cc2ccccc2CN1)N1CCN(CC2CC2)CC1. The van der Waals surface area contributed by atoms with E-state index in [1.54, 1.807) is 0 Å². The average molecular weight is 299 g/mol. The van der Waals surface area contributed by atoms with E-state index in [4.69, 9.17) is 0 Å². The van der Waals surface area contributed by atoms with Gasteiger partial charge in [-0.2, -0.15) is 0 Å². The van der Waals surface area contributed by atoms with E-state index in [-0.39, 0.29) is 6.04 Å². The van der Waals surface area contributed by atoms with Crippen molar-refractivity contribution in [2.75, 3.05) is 32.7 Å². The lowest BCUT2D eigenvalue weighted by atomic mass is 9.95. The number of hydrogen-bond acceptors (Lipinski definition) is 3. The van der Waals surface area contributed by atoms with E-state index in [0.29, 0.717) is 5.91 Å². The van der Waals surface area contributed by atoms with Crippen LogP contribution in [0.2, 0.25) is 0 Å². The third-order valence-electron chi connectivity index (χ3n) is 5.28. The second-order valence-corrected chi connectivity index (χ2v) is 6.98. The van der Waals surface area contributed by atoms with Gasteiger partial charge in [0.1, 0.15) is 0 Å². The molecule has 1 unspecified atom stereocenters. The molecule has 2 aliphatic heterocycles. The highest BCUT2D eigenvalue weighted by Crippen LogP contribution is 2.30. The topological polar surface area (TPSA) is 35.6 Å². The summed E-state index contributed by atoms with van der Waals surface area (Å²) >= 11 is 0. The van der Waals surface area contributed by atoms with Crippen LogP contribution < -0.4 is 5.32 Å². The van der Waals surface area contributed by atoms with Crippen molar-refractivity contribution in [3.8, 4) is 0 Å². The lowest BCUT2D eigenvalue weighted by Crippen LogP contribution is -2.55. The number of hydrogen-bond donors (Lipinski definition) is 1. The molecule has 4 heteroatoms. The summed E-state index contributed by atoms with van der Waals surface area (Å²) in [6.07, 6.45) is 3.65. The molecule has 22 heavy (non-hydrogen) atoms. The molecule has 1 N–H and O–H groups in total. The van der Waals surface area contributed by atoms with Gasteiger partial charge in [0, 0.05) is 39.3 Å². The van der Waals surface area contributed by atoms with Gasteiger partial charge in [0.25, 0.3) is 0 Å². The van der Waals surface area contributed by atoms with Gasteiger partial charge in [-0.1, -0.05) is 24.3 Å². The fourth-order valence-corrected chi connectivity index (χ4v) is 3.67. The molecule has 3 aliphatic rings. The first-order valence-corrected chi connectivity index (χ1v) is 8.61. The second-order valence-electron chi connectivity index (χ2n) is 6.98. The van der Waals surface area contributed by atoms with Crippen molar-refractivity contribution in [2.45, 2.75) is 31.8 Å². The molecule has 2 heterocycles. The van der Waals surface area contributed by atoms with Crippen molar-refractivity contribution in [3.05, 3.63) is 35.4 Å². The van der Waals surface area contributed by atoms with E-state index in [1.807, 2.05) is 0 Å². The van der Waals surface area contributed by atoms with Crippen molar-refractivity contribution in [2.24, 2.45) is 5.92 Å². The summed E-state index contributed by atoms with van der Waals surface area (Å²) in [6, 6.07) is 8.42. The number of rotatable bonds is 3. The number of benzene rings is 1. The molecule has 1 amide bonds. The van der Waals surface area contributed by atoms with Gasteiger partial charge in [0.2, 0.25) is 5.91 Å². The molecule has 4 rings (SSSR count). The van der Waals surface area contributed by atoms with Crippen LogP contribution in [0.5, 0.6) is 0 Å². The van der Waals surface area contributed by atoms with E-state index >= 15 is 0 Å². The third-order valence-corrected chi connectivity index (χ3v) is 5.28. The quantitative estimate of drug-likeness (QED) is 0.912. The monoisotopic (exact) mass is 299 g/mol. The van der Waals surface area contributed by atoms with Gasteiger partial charge in [-0.15, -0.1) is 0 Å². The Hall–Kier alpha value is -1.39. The molecule has 1 aromatic rings. The standard InChI is InChI=1S/C18H25N3O/c22-18(17-11-15-3-1-2-4-16(15)12-19-17)21-9-7-20(8-10-21)13-14-5-6-14/h1-4,14,17,19H,5-13H2. The second kappa shape index (κ2) is 6.01. The predicted molar refractivity (Wildman–Crippen MR) is 86.5 cm³/mol. The minimum atomic E-state index is -0.0371. The highest BCUT2D eigenvalue weighted by Gasteiger charge is 2.31. The highest BCUT2D eigenvalue weighted by atomic mass is 16.2. The number of piperazine rings is 1. The Morgan fingerprint density at radius 1 is 1.09 bits per heavy atom. The van der Waals surface area contributed by atoms with Gasteiger partial charge < -0.3 is 10.2 Å². The van der Waals surface area contributed by atoms with Crippen molar-refractivity contribution >= 4 is 5.91 Å². The molecule has 0 radical (unpaired) electrons. The smallest absolute Gasteiger partial charge is 0.240 e. The maximum Gasteiger partial charge on any atom is 0.240 e. The van der Waals surface area contributed by atoms with Crippen LogP contribution in [-0.2, 0) is 17.8 Å². The molecule has 118 valence electrons. The molecule has 1 aromatic carbocycles. The number of fused-ring (bicyclic) bond motifs is 1. The average Bonchev–Trinajstić information content (AvgIpc) is 3.38. The largest absolute Gasteiger partial charge is 0.339 e. The van der Waals surface area contributed by atoms with Crippen LogP contribution in [0.15, 0.2) is 24.3 Å². The highest BCUT2D eigenvalue weighted by molar-refractivity contribution is 5.82. The van der Waals surface area contributed by atoms with Crippen LogP contribution in [0.4, 0.5) is 0 Å². The van der Waals surface area contributed by atoms with Crippen LogP contribution in [0, 0.1) is 5.92 Å². The van der Waals surface area contributed by atoms with Crippen LogP contribution in [0.3, 0.4) is 0 Å². The number of carbonyl (C=O) groups is 1. The summed E-state index contributed by atoms with van der Waals surface area (Å²) in [5, 5.41) is 3.42. The van der Waals surface area contributed by atoms with Crippen molar-refractivity contribution in [1.29, 1.82) is 0 Å². The summed E-state index contributed by atoms with van der Waals surface area (Å²) in [7, 11) is 0. The Morgan fingerprint density at radius 2 is 1.82 bits per heavy atom. The van der Waals surface area contributed by atoms with Gasteiger partial charge in [-0.25, -0.2) is 0 Å². The van der Waals surface area contributed by atoms with Gasteiger partial charge in [0.05, 0.1) is 6.04 Å². The van der Waals surface area contributed by atoms with Gasteiger partial charge >= 0.3 is 0 Å². The lowest BCUT2D eigenvalue weighted by Gasteiger charge is -2.37. The van der Waals surface area contributed by atoms with E-state index < -0.39 is 0 Å². The van der Waals surface area contributed by atoms with Crippen LogP contribution >= 0.6 is 0 Å². The molecule has 1 aliphatic carbocycles. The number of nitrogens with one attached hydrogen (secondary N) is 1. The van der Waals surface area contributed by atoms with Crippen LogP contribution in [-0.4, -0.2) is 54.5 Å². The van der Waals surface area contributed by atoms with Gasteiger partial charge in [0.15, 0.2) is 0 Å². The molecule has 0 aromatic heterocycles. The third kappa shape index (κ3) is 3.03. The molecule has 1 saturated carbocycles. The molecule has 1 atom stereocenters. The molecule has 4 nitrogen and oxygen atoms in total. The Balaban J connectivity index is 1.33. The summed E-state index contributed by atoms with van der Waals surface area (Å²) in [5.74, 6) is 1.24. The summed E-state index contributed by atoms with van der Waals surface area (Å²) in [4.78, 5) is 17.3. The van der Waals surface area contributed by atoms with Crippen molar-refractivity contribution in [3.63, 3.8) is 0 Å². The summed E-state index contributed by atoms with van der Waals surface area (Å²) in [6.45, 7) is 5.94. The van der Waals surface area contributed by atoms with E-state index in [1.165, 1.54) is 30.5 Å². The zero-order chi connectivity index (χ0) is 14.9. The molecule has 2 fully saturated rings. The fraction of sp³-hybridized carbons (Fsp3) is 0.611. The minimum Gasteiger partial charge on any atom is -0.339 e. The zero-order valence-electron chi connectivity index (χ0n) is 13.1. The fourth-order valence-electron chi connectivity index (χ4n) is 3.67. The van der Waals surface area contributed by atoms with E-state index in [9.17, 15) is 4.79 Å². The molecular weight excluding hydrogens is 274 g/mol. The predicted octanol–water partition coefficient (Wildman–Crippen LogP) is 1.26. The Labute approximate surface area is 132 Å². The molecule has 0 spiro atoms.